The summed E-state index contributed by atoms with van der Waals surface area (Å²) in [6.45, 7) is 28.5. The van der Waals surface area contributed by atoms with Gasteiger partial charge < -0.3 is 52.2 Å². The minimum absolute atomic E-state index is 0.113. The fourth-order valence-corrected chi connectivity index (χ4v) is 11.4. The molecule has 0 radical (unpaired) electrons. The van der Waals surface area contributed by atoms with E-state index in [1.807, 2.05) is 0 Å². The molecule has 5 heterocycles. The number of carbonyl (C=O) groups excluding carboxylic acids is 6. The Balaban J connectivity index is 0.000000145. The van der Waals surface area contributed by atoms with E-state index in [1.54, 1.807) is 239 Å². The number of ether oxygens (including phenoxy) is 3. The molecule has 15 rings (SSSR count). The largest absolute Gasteiger partial charge is 0.508 e. The van der Waals surface area contributed by atoms with E-state index in [0.29, 0.717) is 139 Å². The van der Waals surface area contributed by atoms with Gasteiger partial charge in [-0.1, -0.05) is 29.8 Å². The van der Waals surface area contributed by atoms with Crippen LogP contribution in [0.5, 0.6) is 23.0 Å². The third kappa shape index (κ3) is 21.1. The van der Waals surface area contributed by atoms with E-state index in [0.717, 1.165) is 16.9 Å². The molecule has 0 amide bonds. The highest BCUT2D eigenvalue weighted by Gasteiger charge is 2.16. The molecule has 118 heavy (non-hydrogen) atoms. The average Bonchev–Trinajstić information content (AvgIpc) is 0.817. The number of phenols is 2. The van der Waals surface area contributed by atoms with Crippen LogP contribution in [-0.4, -0.2) is 66.4 Å². The summed E-state index contributed by atoms with van der Waals surface area (Å²) in [6.07, 6.45) is 0. The maximum Gasteiger partial charge on any atom is 0.337 e. The van der Waals surface area contributed by atoms with E-state index in [-0.39, 0.29) is 68.2 Å². The Morgan fingerprint density at radius 1 is 0.339 bits per heavy atom. The second kappa shape index (κ2) is 37.9. The highest BCUT2D eigenvalue weighted by atomic mass is 35.5. The number of phenolic OH excluding ortho intramolecular Hbond substituents is 2. The van der Waals surface area contributed by atoms with Gasteiger partial charge >= 0.3 is 5.97 Å². The number of benzene rings is 10. The van der Waals surface area contributed by atoms with Crippen molar-refractivity contribution in [1.29, 1.82) is 0 Å². The molecule has 0 unspecified atom stereocenters. The first-order chi connectivity index (χ1) is 56.8. The number of Topliss-reactive ketones (excluding diaryl/α,β-unsaturated/α-hetero) is 5. The van der Waals surface area contributed by atoms with E-state index < -0.39 is 5.97 Å². The molecule has 10 aromatic carbocycles. The molecule has 0 aliphatic rings. The predicted octanol–water partition coefficient (Wildman–Crippen LogP) is 20.4. The zero-order valence-corrected chi connectivity index (χ0v) is 65.0. The number of hydrogen-bond acceptors (Lipinski definition) is 22. The Morgan fingerprint density at radius 3 is 0.898 bits per heavy atom. The number of esters is 1. The van der Waals surface area contributed by atoms with Gasteiger partial charge in [0.05, 0.1) is 103 Å². The number of carbonyl (C=O) groups is 6. The number of nitrogens with zero attached hydrogens (tertiary/aromatic N) is 8. The highest BCUT2D eigenvalue weighted by Crippen LogP contribution is 2.29. The second-order valence-electron chi connectivity index (χ2n) is 25.6. The van der Waals surface area contributed by atoms with Crippen molar-refractivity contribution in [2.45, 2.75) is 34.6 Å². The topological polar surface area (TPSA) is 337 Å². The molecular weight excluding hydrogens is 1520 g/mol. The van der Waals surface area contributed by atoms with E-state index in [2.05, 4.69) is 44.2 Å². The average molecular weight is 1590 g/mol. The molecule has 584 valence electrons. The molecule has 0 saturated carbocycles. The fourth-order valence-electron chi connectivity index (χ4n) is 11.2. The van der Waals surface area contributed by atoms with Crippen LogP contribution in [0, 0.1) is 19.7 Å². The molecule has 15 aromatic rings. The smallest absolute Gasteiger partial charge is 0.337 e. The lowest BCUT2D eigenvalue weighted by atomic mass is 10.1. The summed E-state index contributed by atoms with van der Waals surface area (Å²) in [5.74, 6) is 0.457. The van der Waals surface area contributed by atoms with Crippen LogP contribution in [0.1, 0.15) is 96.8 Å². The number of nitrogen functional groups attached to an aromatic ring is 1. The van der Waals surface area contributed by atoms with Gasteiger partial charge in [-0.3, -0.25) is 24.0 Å². The van der Waals surface area contributed by atoms with Crippen molar-refractivity contribution in [2.24, 2.45) is 25.0 Å². The SMILES string of the molecule is COc1ccc(N=c2oc3ccc(N)cc3cc2C(C)=O)cc1.COc1ccc(N=c2oc3ccc(O)cc3cc2C(C)=O)cc1.[C-]#[N+]c1ccc2oc(=Nc3ccc(C(=O)OC)cc3)c(C(C)=O)cc2c1.[C-]#[N+]c1ccc2oc(=Nc3ccc(Cl)cc3)c(C(C)=O)cc2c1.[C-]#[N+]c1ccc2oc(=Nc3ccc(O)cc3)c(C(C)=O)cc2c1. The van der Waals surface area contributed by atoms with Crippen molar-refractivity contribution in [2.75, 3.05) is 27.1 Å². The zero-order chi connectivity index (χ0) is 84.3. The minimum atomic E-state index is -0.438. The molecule has 0 aliphatic heterocycles. The number of hydrogen-bond donors (Lipinski definition) is 3. The monoisotopic (exact) mass is 1590 g/mol. The van der Waals surface area contributed by atoms with Crippen LogP contribution < -0.4 is 43.0 Å². The Morgan fingerprint density at radius 2 is 0.602 bits per heavy atom. The number of ketones is 5. The van der Waals surface area contributed by atoms with Crippen LogP contribution in [0.4, 0.5) is 51.2 Å². The Kier molecular flexibility index (Phi) is 26.6. The van der Waals surface area contributed by atoms with E-state index in [9.17, 15) is 39.0 Å². The van der Waals surface area contributed by atoms with Crippen LogP contribution >= 0.6 is 11.6 Å². The first kappa shape index (κ1) is 82.8. The second-order valence-corrected chi connectivity index (χ2v) is 26.1. The van der Waals surface area contributed by atoms with Crippen LogP contribution in [0.25, 0.3) is 69.4 Å². The number of methoxy groups -OCH3 is 3. The molecule has 0 fully saturated rings. The maximum absolute atomic E-state index is 12.0. The summed E-state index contributed by atoms with van der Waals surface area (Å²) < 4.78 is 43.7. The summed E-state index contributed by atoms with van der Waals surface area (Å²) in [5, 5.41) is 22.9. The summed E-state index contributed by atoms with van der Waals surface area (Å²) >= 11 is 5.86. The maximum atomic E-state index is 12.0. The number of rotatable bonds is 13. The van der Waals surface area contributed by atoms with Gasteiger partial charge in [-0.25, -0.2) is 44.3 Å². The Hall–Kier alpha value is -16.2. The van der Waals surface area contributed by atoms with Gasteiger partial charge in [0, 0.05) is 37.6 Å². The fraction of sp³-hybridized carbons (Fsp3) is 0.0870. The number of anilines is 1. The van der Waals surface area contributed by atoms with Crippen molar-refractivity contribution in [3.05, 3.63) is 343 Å². The van der Waals surface area contributed by atoms with Crippen molar-refractivity contribution < 1.29 is 75.3 Å². The standard InChI is InChI=1S/C20H14N2O4.C18H11ClN2O2.C18H16N2O3.C18H12N2O3.C18H15NO4/c1-12(23)17-11-14-10-16(21-2)8-9-18(14)26-19(17)22-15-6-4-13(5-7-15)20(24)25-3;1-11(22)16-10-12-9-15(20-2)7-8-17(12)23-18(16)21-14-5-3-13(19)4-6-14;1-11(21)16-10-12-9-13(19)3-8-17(12)23-18(16)20-14-4-6-15(22-2)7-5-14;1-11(21)16-10-12-9-14(19-2)5-8-17(12)23-18(16)20-13-3-6-15(22)7-4-13;1-11(20)16-10-12-9-14(21)5-8-17(12)23-18(16)19-13-3-6-15(22-2)7-4-13/h4-11H,1,3H3;3-10H,1H3;3-10H,19H2,1-2H3;3-10,22H,1H3;3-10,21H,1-2H3. The van der Waals surface area contributed by atoms with Gasteiger partial charge in [0.2, 0.25) is 27.8 Å². The molecule has 4 N–H and O–H groups in total. The molecule has 5 aromatic heterocycles. The Labute approximate surface area is 676 Å². The van der Waals surface area contributed by atoms with Crippen LogP contribution in [-0.2, 0) is 4.74 Å². The third-order valence-corrected chi connectivity index (χ3v) is 17.5. The summed E-state index contributed by atoms with van der Waals surface area (Å²) in [7, 11) is 4.51. The number of nitrogens with two attached hydrogens (primary N) is 1. The molecule has 0 bridgehead atoms. The van der Waals surface area contributed by atoms with Crippen LogP contribution in [0.15, 0.2) is 290 Å². The molecule has 0 spiro atoms. The van der Waals surface area contributed by atoms with Gasteiger partial charge in [-0.05, 0) is 259 Å². The Bertz CT molecular complexity index is 6640. The van der Waals surface area contributed by atoms with Gasteiger partial charge in [0.1, 0.15) is 50.9 Å². The minimum Gasteiger partial charge on any atom is -0.508 e. The molecule has 0 saturated heterocycles. The molecule has 26 heteroatoms. The quantitative estimate of drug-likeness (QED) is 0.0418. The molecule has 0 aliphatic carbocycles. The van der Waals surface area contributed by atoms with Crippen molar-refractivity contribution in [1.82, 2.24) is 0 Å². The van der Waals surface area contributed by atoms with Crippen molar-refractivity contribution in [3.63, 3.8) is 0 Å². The summed E-state index contributed by atoms with van der Waals surface area (Å²) in [6, 6.07) is 67.4. The van der Waals surface area contributed by atoms with Crippen molar-refractivity contribution >= 4 is 153 Å². The summed E-state index contributed by atoms with van der Waals surface area (Å²) in [5.41, 5.74) is 17.0. The van der Waals surface area contributed by atoms with Gasteiger partial charge in [0.15, 0.2) is 46.0 Å². The third-order valence-electron chi connectivity index (χ3n) is 17.2. The van der Waals surface area contributed by atoms with Gasteiger partial charge in [-0.2, -0.15) is 0 Å². The lowest BCUT2D eigenvalue weighted by molar-refractivity contribution is 0.0599. The van der Waals surface area contributed by atoms with E-state index >= 15 is 0 Å². The first-order valence-corrected chi connectivity index (χ1v) is 35.9. The zero-order valence-electron chi connectivity index (χ0n) is 64.2. The first-order valence-electron chi connectivity index (χ1n) is 35.5. The number of aromatic hydroxyl groups is 2. The van der Waals surface area contributed by atoms with Crippen molar-refractivity contribution in [3.8, 4) is 23.0 Å². The highest BCUT2D eigenvalue weighted by molar-refractivity contribution is 6.30. The molecule has 25 nitrogen and oxygen atoms in total. The van der Waals surface area contributed by atoms with E-state index in [4.69, 9.17) is 68.6 Å². The summed E-state index contributed by atoms with van der Waals surface area (Å²) in [4.78, 5) is 103. The lowest BCUT2D eigenvalue weighted by Gasteiger charge is -2.03. The lowest BCUT2D eigenvalue weighted by Crippen LogP contribution is -2.13. The van der Waals surface area contributed by atoms with Crippen LogP contribution in [0.2, 0.25) is 5.02 Å². The van der Waals surface area contributed by atoms with E-state index in [1.165, 1.54) is 59.9 Å². The predicted molar refractivity (Wildman–Crippen MR) is 445 cm³/mol. The molecular formula is C92H68ClN9O16. The van der Waals surface area contributed by atoms with Crippen LogP contribution in [0.3, 0.4) is 0 Å². The van der Waals surface area contributed by atoms with Gasteiger partial charge in [-0.15, -0.1) is 0 Å². The van der Waals surface area contributed by atoms with Gasteiger partial charge in [0.25, 0.3) is 0 Å². The number of fused-ring (bicyclic) bond motifs is 5. The molecule has 0 atom stereocenters. The number of halogens is 1. The normalized spacial score (nSPS) is 11.5.